The summed E-state index contributed by atoms with van der Waals surface area (Å²) in [4.78, 5) is 42.9. The van der Waals surface area contributed by atoms with Crippen LogP contribution < -0.4 is 0 Å². The highest BCUT2D eigenvalue weighted by molar-refractivity contribution is 6.03. The van der Waals surface area contributed by atoms with Gasteiger partial charge in [-0.05, 0) is 12.1 Å². The first-order valence-corrected chi connectivity index (χ1v) is 6.26. The lowest BCUT2D eigenvalue weighted by molar-refractivity contribution is -0.385. The summed E-state index contributed by atoms with van der Waals surface area (Å²) in [5.41, 5.74) is -2.36. The number of aromatic carboxylic acids is 2. The van der Waals surface area contributed by atoms with Gasteiger partial charge in [-0.1, -0.05) is 0 Å². The molecule has 2 N–H and O–H groups in total. The van der Waals surface area contributed by atoms with Crippen molar-refractivity contribution in [3.63, 3.8) is 0 Å². The number of carboxylic acid groups (broad SMARTS) is 2. The van der Waals surface area contributed by atoms with E-state index in [2.05, 4.69) is 0 Å². The van der Waals surface area contributed by atoms with Gasteiger partial charge in [0.1, 0.15) is 0 Å². The second kappa shape index (κ2) is 6.12. The minimum Gasteiger partial charge on any atom is -0.478 e. The van der Waals surface area contributed by atoms with Crippen LogP contribution in [0.2, 0.25) is 0 Å². The van der Waals surface area contributed by atoms with Crippen molar-refractivity contribution in [2.24, 2.45) is 0 Å². The molecule has 24 heavy (non-hydrogen) atoms. The first-order chi connectivity index (χ1) is 11.2. The summed E-state index contributed by atoms with van der Waals surface area (Å²) >= 11 is 0. The maximum absolute atomic E-state index is 11.3. The first kappa shape index (κ1) is 16.5. The molecule has 0 unspecified atom stereocenters. The number of non-ortho nitro benzene ring substituents is 2. The number of carboxylic acids is 2. The van der Waals surface area contributed by atoms with E-state index in [1.807, 2.05) is 0 Å². The molecule has 0 aliphatic rings. The zero-order valence-corrected chi connectivity index (χ0v) is 11.7. The van der Waals surface area contributed by atoms with Crippen molar-refractivity contribution < 1.29 is 29.6 Å². The van der Waals surface area contributed by atoms with Crippen molar-refractivity contribution in [3.05, 3.63) is 67.8 Å². The van der Waals surface area contributed by atoms with Gasteiger partial charge in [-0.15, -0.1) is 0 Å². The van der Waals surface area contributed by atoms with Crippen LogP contribution in [0.15, 0.2) is 36.4 Å². The van der Waals surface area contributed by atoms with E-state index in [-0.39, 0.29) is 11.1 Å². The topological polar surface area (TPSA) is 161 Å². The monoisotopic (exact) mass is 332 g/mol. The highest BCUT2D eigenvalue weighted by Crippen LogP contribution is 2.33. The van der Waals surface area contributed by atoms with E-state index in [1.54, 1.807) is 0 Å². The second-order valence-electron chi connectivity index (χ2n) is 4.58. The molecule has 0 saturated heterocycles. The molecule has 0 saturated carbocycles. The van der Waals surface area contributed by atoms with Crippen LogP contribution in [0.4, 0.5) is 11.4 Å². The fraction of sp³-hybridized carbons (Fsp3) is 0. The molecule has 10 heteroatoms. The van der Waals surface area contributed by atoms with Crippen LogP contribution in [-0.2, 0) is 0 Å². The SMILES string of the molecule is O=C(O)c1ccc([N+](=O)[O-])cc1-c1cc([N+](=O)[O-])ccc1C(=O)O. The van der Waals surface area contributed by atoms with Gasteiger partial charge in [0.2, 0.25) is 0 Å². The quantitative estimate of drug-likeness (QED) is 0.623. The van der Waals surface area contributed by atoms with Crippen molar-refractivity contribution in [1.29, 1.82) is 0 Å². The highest BCUT2D eigenvalue weighted by Gasteiger charge is 2.23. The van der Waals surface area contributed by atoms with Gasteiger partial charge in [-0.25, -0.2) is 9.59 Å². The summed E-state index contributed by atoms with van der Waals surface area (Å²) in [6, 6.07) is 5.53. The summed E-state index contributed by atoms with van der Waals surface area (Å²) < 4.78 is 0. The Hall–Kier alpha value is -3.82. The maximum Gasteiger partial charge on any atom is 0.336 e. The van der Waals surface area contributed by atoms with Gasteiger partial charge in [0.15, 0.2) is 0 Å². The Labute approximate surface area is 132 Å². The van der Waals surface area contributed by atoms with Crippen LogP contribution in [0.25, 0.3) is 11.1 Å². The normalized spacial score (nSPS) is 10.2. The molecule has 0 bridgehead atoms. The fourth-order valence-corrected chi connectivity index (χ4v) is 2.11. The van der Waals surface area contributed by atoms with E-state index in [0.29, 0.717) is 0 Å². The summed E-state index contributed by atoms with van der Waals surface area (Å²) in [7, 11) is 0. The number of rotatable bonds is 5. The van der Waals surface area contributed by atoms with Crippen molar-refractivity contribution in [2.45, 2.75) is 0 Å². The predicted octanol–water partition coefficient (Wildman–Crippen LogP) is 2.57. The molecule has 0 spiro atoms. The van der Waals surface area contributed by atoms with Crippen LogP contribution in [-0.4, -0.2) is 32.0 Å². The number of benzene rings is 2. The third-order valence-electron chi connectivity index (χ3n) is 3.18. The molecule has 2 aromatic rings. The van der Waals surface area contributed by atoms with Crippen LogP contribution in [0.1, 0.15) is 20.7 Å². The third-order valence-corrected chi connectivity index (χ3v) is 3.18. The van der Waals surface area contributed by atoms with Crippen molar-refractivity contribution in [1.82, 2.24) is 0 Å². The predicted molar refractivity (Wildman–Crippen MR) is 79.1 cm³/mol. The van der Waals surface area contributed by atoms with Crippen LogP contribution in [0, 0.1) is 20.2 Å². The average Bonchev–Trinajstić information content (AvgIpc) is 2.53. The van der Waals surface area contributed by atoms with Gasteiger partial charge in [0.25, 0.3) is 11.4 Å². The number of carbonyl (C=O) groups is 2. The van der Waals surface area contributed by atoms with E-state index in [9.17, 15) is 40.0 Å². The van der Waals surface area contributed by atoms with Gasteiger partial charge in [-0.2, -0.15) is 0 Å². The zero-order chi connectivity index (χ0) is 18.0. The zero-order valence-electron chi connectivity index (χ0n) is 11.7. The Balaban J connectivity index is 2.86. The smallest absolute Gasteiger partial charge is 0.336 e. The molecule has 2 rings (SSSR count). The Morgan fingerprint density at radius 1 is 0.750 bits per heavy atom. The summed E-state index contributed by atoms with van der Waals surface area (Å²) in [6.07, 6.45) is 0. The lowest BCUT2D eigenvalue weighted by Gasteiger charge is -2.09. The number of hydrogen-bond donors (Lipinski definition) is 2. The lowest BCUT2D eigenvalue weighted by Crippen LogP contribution is -2.05. The molecular weight excluding hydrogens is 324 g/mol. The van der Waals surface area contributed by atoms with Crippen molar-refractivity contribution >= 4 is 23.3 Å². The molecule has 0 radical (unpaired) electrons. The number of hydrogen-bond acceptors (Lipinski definition) is 6. The van der Waals surface area contributed by atoms with Gasteiger partial charge < -0.3 is 10.2 Å². The largest absolute Gasteiger partial charge is 0.478 e. The molecule has 10 nitrogen and oxygen atoms in total. The molecule has 122 valence electrons. The number of nitro groups is 2. The second-order valence-corrected chi connectivity index (χ2v) is 4.58. The van der Waals surface area contributed by atoms with E-state index in [1.165, 1.54) is 0 Å². The fourth-order valence-electron chi connectivity index (χ4n) is 2.11. The van der Waals surface area contributed by atoms with Gasteiger partial charge in [0.05, 0.1) is 21.0 Å². The molecule has 0 aromatic heterocycles. The van der Waals surface area contributed by atoms with Gasteiger partial charge >= 0.3 is 11.9 Å². The van der Waals surface area contributed by atoms with E-state index in [4.69, 9.17) is 0 Å². The average molecular weight is 332 g/mol. The van der Waals surface area contributed by atoms with Crippen molar-refractivity contribution in [3.8, 4) is 11.1 Å². The Bertz CT molecular complexity index is 817. The molecule has 2 aromatic carbocycles. The van der Waals surface area contributed by atoms with Gasteiger partial charge in [-0.3, -0.25) is 20.2 Å². The van der Waals surface area contributed by atoms with Crippen molar-refractivity contribution in [2.75, 3.05) is 0 Å². The Morgan fingerprint density at radius 2 is 1.08 bits per heavy atom. The molecule has 0 fully saturated rings. The van der Waals surface area contributed by atoms with Crippen LogP contribution in [0.3, 0.4) is 0 Å². The molecule has 0 amide bonds. The van der Waals surface area contributed by atoms with E-state index >= 15 is 0 Å². The van der Waals surface area contributed by atoms with E-state index < -0.39 is 44.3 Å². The van der Waals surface area contributed by atoms with Crippen LogP contribution in [0.5, 0.6) is 0 Å². The number of nitro benzene ring substituents is 2. The highest BCUT2D eigenvalue weighted by atomic mass is 16.6. The third kappa shape index (κ3) is 3.02. The van der Waals surface area contributed by atoms with E-state index in [0.717, 1.165) is 36.4 Å². The Kier molecular flexibility index (Phi) is 4.22. The maximum atomic E-state index is 11.3. The molecule has 0 aliphatic heterocycles. The summed E-state index contributed by atoms with van der Waals surface area (Å²) in [5, 5.41) is 40.2. The molecular formula is C14H8N2O8. The lowest BCUT2D eigenvalue weighted by atomic mass is 9.94. The molecule has 0 heterocycles. The summed E-state index contributed by atoms with van der Waals surface area (Å²) in [5.74, 6) is -2.91. The first-order valence-electron chi connectivity index (χ1n) is 6.26. The minimum absolute atomic E-state index is 0.294. The standard InChI is InChI=1S/C14H8N2O8/c17-13(18)9-3-1-7(15(21)22)5-11(9)12-6-8(16(23)24)2-4-10(12)14(19)20/h1-6H,(H,17,18)(H,19,20). The minimum atomic E-state index is -1.46. The molecule has 0 aliphatic carbocycles. The Morgan fingerprint density at radius 3 is 1.33 bits per heavy atom. The number of nitrogens with zero attached hydrogens (tertiary/aromatic N) is 2. The van der Waals surface area contributed by atoms with Crippen LogP contribution >= 0.6 is 0 Å². The molecule has 0 atom stereocenters. The van der Waals surface area contributed by atoms with Gasteiger partial charge in [0, 0.05) is 35.4 Å². The summed E-state index contributed by atoms with van der Waals surface area (Å²) in [6.45, 7) is 0.